The van der Waals surface area contributed by atoms with Crippen molar-refractivity contribution in [1.82, 2.24) is 9.21 Å². The second-order valence-electron chi connectivity index (χ2n) is 5.06. The van der Waals surface area contributed by atoms with Gasteiger partial charge in [-0.05, 0) is 18.6 Å². The van der Waals surface area contributed by atoms with Gasteiger partial charge in [0, 0.05) is 19.6 Å². The smallest absolute Gasteiger partial charge is 0.179 e. The lowest BCUT2D eigenvalue weighted by molar-refractivity contribution is 0.310. The van der Waals surface area contributed by atoms with E-state index in [9.17, 15) is 9.11 Å². The van der Waals surface area contributed by atoms with E-state index in [-0.39, 0.29) is 6.04 Å². The van der Waals surface area contributed by atoms with E-state index in [1.807, 2.05) is 30.3 Å². The van der Waals surface area contributed by atoms with Gasteiger partial charge in [0.2, 0.25) is 0 Å². The molecule has 2 N–H and O–H groups in total. The molecule has 3 rings (SSSR count). The van der Waals surface area contributed by atoms with Crippen LogP contribution in [0.4, 0.5) is 5.69 Å². The summed E-state index contributed by atoms with van der Waals surface area (Å²) in [5.41, 5.74) is 0.824. The van der Waals surface area contributed by atoms with Gasteiger partial charge in [0.1, 0.15) is 0 Å². The molecule has 2 heterocycles. The molecule has 0 aliphatic carbocycles. The molecule has 1 atom stereocenters. The third kappa shape index (κ3) is 2.21. The first kappa shape index (κ1) is 13.5. The molecule has 6 nitrogen and oxygen atoms in total. The van der Waals surface area contributed by atoms with Gasteiger partial charge in [0.25, 0.3) is 0 Å². The predicted molar refractivity (Wildman–Crippen MR) is 78.9 cm³/mol. The topological polar surface area (TPSA) is 74.0 Å². The number of nitrogens with zero attached hydrogens (tertiary/aromatic N) is 4. The molecule has 0 spiro atoms. The van der Waals surface area contributed by atoms with Crippen LogP contribution in [0.1, 0.15) is 6.42 Å². The van der Waals surface area contributed by atoms with Crippen molar-refractivity contribution in [2.45, 2.75) is 12.5 Å². The zero-order valence-corrected chi connectivity index (χ0v) is 11.9. The first-order valence-corrected chi connectivity index (χ1v) is 8.11. The van der Waals surface area contributed by atoms with E-state index in [4.69, 9.17) is 5.26 Å². The lowest BCUT2D eigenvalue weighted by atomic mass is 10.2. The van der Waals surface area contributed by atoms with Gasteiger partial charge in [-0.25, -0.2) is 0 Å². The first-order valence-electron chi connectivity index (χ1n) is 6.65. The van der Waals surface area contributed by atoms with Crippen molar-refractivity contribution in [3.05, 3.63) is 30.3 Å². The van der Waals surface area contributed by atoms with Crippen molar-refractivity contribution in [1.29, 1.82) is 5.26 Å². The SMILES string of the molecule is N#CN1CCC(N2CCN(c3ccccc3)S2(O)O)C1. The highest BCUT2D eigenvalue weighted by atomic mass is 32.3. The summed E-state index contributed by atoms with van der Waals surface area (Å²) in [6.07, 6.45) is 2.92. The number of rotatable bonds is 2. The molecule has 1 aromatic carbocycles. The van der Waals surface area contributed by atoms with E-state index in [0.29, 0.717) is 26.2 Å². The zero-order valence-electron chi connectivity index (χ0n) is 11.1. The number of anilines is 1. The molecule has 108 valence electrons. The Morgan fingerprint density at radius 1 is 1.15 bits per heavy atom. The van der Waals surface area contributed by atoms with E-state index < -0.39 is 11.0 Å². The van der Waals surface area contributed by atoms with E-state index in [1.165, 1.54) is 0 Å². The second-order valence-corrected chi connectivity index (χ2v) is 6.95. The van der Waals surface area contributed by atoms with Crippen LogP contribution in [0.5, 0.6) is 0 Å². The third-order valence-corrected chi connectivity index (χ3v) is 5.98. The van der Waals surface area contributed by atoms with Crippen LogP contribution in [0.15, 0.2) is 30.3 Å². The summed E-state index contributed by atoms with van der Waals surface area (Å²) in [6.45, 7) is 2.48. The van der Waals surface area contributed by atoms with Gasteiger partial charge >= 0.3 is 0 Å². The van der Waals surface area contributed by atoms with Gasteiger partial charge in [-0.15, -0.1) is 0 Å². The van der Waals surface area contributed by atoms with Crippen molar-refractivity contribution >= 4 is 16.6 Å². The number of nitriles is 1. The standard InChI is InChI=1S/C13H18N4O2S/c14-11-15-7-6-13(10-15)17-9-8-16(20(17,18)19)12-4-2-1-3-5-12/h1-5,13,18-19H,6-10H2. The Kier molecular flexibility index (Phi) is 3.48. The maximum atomic E-state index is 10.6. The minimum Gasteiger partial charge on any atom is -0.309 e. The van der Waals surface area contributed by atoms with Gasteiger partial charge in [-0.3, -0.25) is 13.4 Å². The zero-order chi connectivity index (χ0) is 14.2. The molecule has 20 heavy (non-hydrogen) atoms. The van der Waals surface area contributed by atoms with Gasteiger partial charge in [-0.1, -0.05) is 29.2 Å². The molecule has 0 saturated carbocycles. The van der Waals surface area contributed by atoms with Gasteiger partial charge in [0.05, 0.1) is 18.3 Å². The molecule has 2 fully saturated rings. The monoisotopic (exact) mass is 294 g/mol. The molecule has 0 radical (unpaired) electrons. The number of benzene rings is 1. The fourth-order valence-corrected chi connectivity index (χ4v) is 4.76. The van der Waals surface area contributed by atoms with Gasteiger partial charge in [0.15, 0.2) is 6.19 Å². The second kappa shape index (κ2) is 5.14. The Morgan fingerprint density at radius 2 is 1.90 bits per heavy atom. The van der Waals surface area contributed by atoms with Gasteiger partial charge < -0.3 is 4.90 Å². The fraction of sp³-hybridized carbons (Fsp3) is 0.462. The summed E-state index contributed by atoms with van der Waals surface area (Å²) in [7, 11) is -2.97. The van der Waals surface area contributed by atoms with Crippen LogP contribution >= 0.6 is 11.0 Å². The Balaban J connectivity index is 1.78. The largest absolute Gasteiger partial charge is 0.309 e. The summed E-state index contributed by atoms with van der Waals surface area (Å²) in [5.74, 6) is 0. The van der Waals surface area contributed by atoms with Crippen molar-refractivity contribution in [3.8, 4) is 6.19 Å². The molecular weight excluding hydrogens is 276 g/mol. The Morgan fingerprint density at radius 3 is 2.55 bits per heavy atom. The van der Waals surface area contributed by atoms with Gasteiger partial charge in [-0.2, -0.15) is 9.57 Å². The number of para-hydroxylation sites is 1. The highest BCUT2D eigenvalue weighted by molar-refractivity contribution is 8.23. The van der Waals surface area contributed by atoms with Crippen LogP contribution in [0.25, 0.3) is 0 Å². The lowest BCUT2D eigenvalue weighted by Gasteiger charge is -2.45. The van der Waals surface area contributed by atoms with Crippen LogP contribution in [0.3, 0.4) is 0 Å². The van der Waals surface area contributed by atoms with Crippen LogP contribution in [-0.2, 0) is 0 Å². The highest BCUT2D eigenvalue weighted by Gasteiger charge is 2.43. The predicted octanol–water partition coefficient (Wildman–Crippen LogP) is 1.94. The van der Waals surface area contributed by atoms with Crippen molar-refractivity contribution in [3.63, 3.8) is 0 Å². The molecule has 1 aromatic rings. The Hall–Kier alpha value is -1.46. The molecule has 0 aromatic heterocycles. The minimum absolute atomic E-state index is 0.0355. The summed E-state index contributed by atoms with van der Waals surface area (Å²) in [5, 5.41) is 8.92. The molecule has 0 amide bonds. The van der Waals surface area contributed by atoms with E-state index in [1.54, 1.807) is 13.5 Å². The average molecular weight is 294 g/mol. The average Bonchev–Trinajstić information content (AvgIpc) is 3.03. The number of likely N-dealkylation sites (tertiary alicyclic amines) is 1. The third-order valence-electron chi connectivity index (χ3n) is 3.89. The molecule has 2 saturated heterocycles. The highest BCUT2D eigenvalue weighted by Crippen LogP contribution is 2.54. The van der Waals surface area contributed by atoms with Crippen molar-refractivity contribution in [2.24, 2.45) is 0 Å². The Bertz CT molecular complexity index is 519. The quantitative estimate of drug-likeness (QED) is 0.812. The van der Waals surface area contributed by atoms with E-state index >= 15 is 0 Å². The van der Waals surface area contributed by atoms with Crippen LogP contribution in [0, 0.1) is 11.5 Å². The number of hydrogen-bond donors (Lipinski definition) is 2. The fourth-order valence-electron chi connectivity index (χ4n) is 2.88. The summed E-state index contributed by atoms with van der Waals surface area (Å²) in [6, 6.07) is 9.49. The Labute approximate surface area is 120 Å². The molecule has 1 unspecified atom stereocenters. The maximum Gasteiger partial charge on any atom is 0.179 e. The molecule has 2 aliphatic rings. The first-order chi connectivity index (χ1) is 9.63. The summed E-state index contributed by atoms with van der Waals surface area (Å²) >= 11 is 0. The van der Waals surface area contributed by atoms with Crippen LogP contribution in [-0.4, -0.2) is 50.5 Å². The maximum absolute atomic E-state index is 10.6. The van der Waals surface area contributed by atoms with E-state index in [0.717, 1.165) is 12.1 Å². The van der Waals surface area contributed by atoms with Crippen LogP contribution < -0.4 is 4.31 Å². The molecule has 0 bridgehead atoms. The summed E-state index contributed by atoms with van der Waals surface area (Å²) < 4.78 is 24.6. The molecule has 2 aliphatic heterocycles. The molecule has 7 heteroatoms. The molecular formula is C13H18N4O2S. The van der Waals surface area contributed by atoms with Crippen molar-refractivity contribution < 1.29 is 9.11 Å². The van der Waals surface area contributed by atoms with E-state index in [2.05, 4.69) is 6.19 Å². The lowest BCUT2D eigenvalue weighted by Crippen LogP contribution is -2.38. The summed E-state index contributed by atoms with van der Waals surface area (Å²) in [4.78, 5) is 1.67. The normalized spacial score (nSPS) is 27.6. The van der Waals surface area contributed by atoms with Crippen LogP contribution in [0.2, 0.25) is 0 Å². The number of hydrogen-bond acceptors (Lipinski definition) is 6. The minimum atomic E-state index is -2.97. The van der Waals surface area contributed by atoms with Crippen molar-refractivity contribution in [2.75, 3.05) is 30.5 Å².